The highest BCUT2D eigenvalue weighted by Gasteiger charge is 2.20. The number of thioether (sulfide) groups is 1. The zero-order valence-electron chi connectivity index (χ0n) is 14.7. The average Bonchev–Trinajstić information content (AvgIpc) is 2.99. The maximum atomic E-state index is 12.8. The van der Waals surface area contributed by atoms with E-state index in [1.54, 1.807) is 29.7 Å². The van der Waals surface area contributed by atoms with E-state index in [0.717, 1.165) is 11.1 Å². The predicted octanol–water partition coefficient (Wildman–Crippen LogP) is 5.51. The Morgan fingerprint density at radius 3 is 2.57 bits per heavy atom. The van der Waals surface area contributed by atoms with Crippen LogP contribution >= 0.6 is 23.4 Å². The number of pyridine rings is 1. The molecule has 2 heterocycles. The second-order valence-electron chi connectivity index (χ2n) is 6.03. The maximum absolute atomic E-state index is 12.8. The number of nitrogens with zero attached hydrogens (tertiary/aromatic N) is 1. The van der Waals surface area contributed by atoms with E-state index >= 15 is 0 Å². The molecule has 146 valence electrons. The molecule has 0 spiro atoms. The molecule has 1 unspecified atom stereocenters. The number of hydrogen-bond acceptors (Lipinski definition) is 4. The molecule has 0 saturated heterocycles. The Hall–Kier alpha value is -2.03. The maximum Gasteiger partial charge on any atom is 0.285 e. The van der Waals surface area contributed by atoms with Crippen LogP contribution in [0.15, 0.2) is 53.6 Å². The molecule has 4 nitrogen and oxygen atoms in total. The van der Waals surface area contributed by atoms with E-state index in [2.05, 4.69) is 0 Å². The predicted molar refractivity (Wildman–Crippen MR) is 112 cm³/mol. The number of alkyl halides is 2. The normalized spacial score (nSPS) is 12.5. The second-order valence-corrected chi connectivity index (χ2v) is 8.94. The van der Waals surface area contributed by atoms with Crippen LogP contribution in [0.1, 0.15) is 16.8 Å². The molecule has 2 aromatic heterocycles. The van der Waals surface area contributed by atoms with Crippen molar-refractivity contribution < 1.29 is 13.0 Å². The summed E-state index contributed by atoms with van der Waals surface area (Å²) in [7, 11) is -1.38. The van der Waals surface area contributed by atoms with Gasteiger partial charge in [0.05, 0.1) is 37.7 Å². The van der Waals surface area contributed by atoms with Gasteiger partial charge in [-0.2, -0.15) is 0 Å². The van der Waals surface area contributed by atoms with Gasteiger partial charge in [-0.25, -0.2) is 8.78 Å². The van der Waals surface area contributed by atoms with Crippen molar-refractivity contribution in [2.24, 2.45) is 0 Å². The van der Waals surface area contributed by atoms with Crippen molar-refractivity contribution in [2.75, 3.05) is 0 Å². The minimum Gasteiger partial charge on any atom is -0.312 e. The summed E-state index contributed by atoms with van der Waals surface area (Å²) in [6.45, 7) is 1.79. The molecule has 0 fully saturated rings. The van der Waals surface area contributed by atoms with Crippen molar-refractivity contribution in [3.05, 3.63) is 70.5 Å². The number of halogens is 3. The monoisotopic (exact) mass is 439 g/mol. The average molecular weight is 440 g/mol. The van der Waals surface area contributed by atoms with Gasteiger partial charge < -0.3 is 4.40 Å². The highest BCUT2D eigenvalue weighted by molar-refractivity contribution is 8.26. The zero-order chi connectivity index (χ0) is 20.4. The molecule has 3 aromatic rings. The van der Waals surface area contributed by atoms with E-state index in [1.165, 1.54) is 0 Å². The van der Waals surface area contributed by atoms with Gasteiger partial charge >= 0.3 is 0 Å². The number of benzene rings is 1. The molecule has 0 saturated carbocycles. The van der Waals surface area contributed by atoms with Gasteiger partial charge in [0, 0.05) is 6.20 Å². The molecule has 2 N–H and O–H groups in total. The number of aryl methyl sites for hydroxylation is 1. The van der Waals surface area contributed by atoms with E-state index in [4.69, 9.17) is 22.4 Å². The van der Waals surface area contributed by atoms with Crippen molar-refractivity contribution in [2.45, 2.75) is 24.0 Å². The number of fused-ring (bicyclic) bond motifs is 1. The van der Waals surface area contributed by atoms with Crippen molar-refractivity contribution in [3.8, 4) is 0 Å². The molecule has 0 bridgehead atoms. The summed E-state index contributed by atoms with van der Waals surface area (Å²) in [6.07, 6.45) is -1.32. The fraction of sp³-hybridized carbons (Fsp3) is 0.158. The molecule has 0 amide bonds. The lowest BCUT2D eigenvalue weighted by Crippen LogP contribution is -2.10. The van der Waals surface area contributed by atoms with Gasteiger partial charge in [-0.3, -0.25) is 15.0 Å². The summed E-state index contributed by atoms with van der Waals surface area (Å²) in [6, 6.07) is 12.7. The van der Waals surface area contributed by atoms with Crippen LogP contribution in [0.25, 0.3) is 5.52 Å². The minimum atomic E-state index is -2.94. The summed E-state index contributed by atoms with van der Waals surface area (Å²) >= 11 is 6.78. The van der Waals surface area contributed by atoms with E-state index in [-0.39, 0.29) is 5.04 Å². The first-order valence-corrected chi connectivity index (χ1v) is 10.7. The number of nitrogens with one attached hydrogen (secondary N) is 2. The van der Waals surface area contributed by atoms with Crippen molar-refractivity contribution >= 4 is 49.8 Å². The molecule has 0 radical (unpaired) electrons. The first kappa shape index (κ1) is 20.7. The fourth-order valence-electron chi connectivity index (χ4n) is 2.76. The zero-order valence-corrected chi connectivity index (χ0v) is 17.1. The number of hydrogen-bond donors (Lipinski definition) is 2. The SMILES string of the molecule is Cc1cc(C(=N)SC(=N)C(F)F)n2cc(S(=O)Cc3ccccc3)cc(Cl)c12. The van der Waals surface area contributed by atoms with Crippen LogP contribution in [0.4, 0.5) is 8.78 Å². The van der Waals surface area contributed by atoms with Crippen molar-refractivity contribution in [3.63, 3.8) is 0 Å². The summed E-state index contributed by atoms with van der Waals surface area (Å²) in [5, 5.41) is 14.7. The van der Waals surface area contributed by atoms with Gasteiger partial charge in [-0.1, -0.05) is 41.9 Å². The molecular formula is C19H16ClF2N3OS2. The minimum absolute atomic E-state index is 0.199. The van der Waals surface area contributed by atoms with Gasteiger partial charge in [0.2, 0.25) is 0 Å². The molecule has 1 aromatic carbocycles. The third-order valence-electron chi connectivity index (χ3n) is 4.03. The van der Waals surface area contributed by atoms with E-state index in [0.29, 0.717) is 38.6 Å². The number of rotatable bonds is 5. The van der Waals surface area contributed by atoms with Crippen LogP contribution in [-0.4, -0.2) is 25.1 Å². The van der Waals surface area contributed by atoms with Crippen molar-refractivity contribution in [1.82, 2.24) is 4.40 Å². The van der Waals surface area contributed by atoms with Crippen LogP contribution in [0.5, 0.6) is 0 Å². The Bertz CT molecular complexity index is 1080. The second kappa shape index (κ2) is 8.55. The lowest BCUT2D eigenvalue weighted by Gasteiger charge is -2.09. The lowest BCUT2D eigenvalue weighted by molar-refractivity contribution is 0.228. The molecule has 0 aliphatic heterocycles. The molecule has 0 aliphatic rings. The molecule has 1 atom stereocenters. The molecule has 9 heteroatoms. The van der Waals surface area contributed by atoms with E-state index < -0.39 is 22.3 Å². The van der Waals surface area contributed by atoms with Gasteiger partial charge in [0.25, 0.3) is 6.43 Å². The summed E-state index contributed by atoms with van der Waals surface area (Å²) < 4.78 is 39.7. The Labute approximate surface area is 172 Å². The Morgan fingerprint density at radius 2 is 1.93 bits per heavy atom. The Balaban J connectivity index is 2.00. The molecule has 3 rings (SSSR count). The van der Waals surface area contributed by atoms with Crippen LogP contribution in [-0.2, 0) is 16.6 Å². The van der Waals surface area contributed by atoms with E-state index in [1.807, 2.05) is 30.3 Å². The smallest absolute Gasteiger partial charge is 0.285 e. The lowest BCUT2D eigenvalue weighted by atomic mass is 10.2. The van der Waals surface area contributed by atoms with Gasteiger partial charge in [-0.15, -0.1) is 0 Å². The third kappa shape index (κ3) is 4.34. The quantitative estimate of drug-likeness (QED) is 0.406. The van der Waals surface area contributed by atoms with Gasteiger partial charge in [-0.05, 0) is 41.9 Å². The third-order valence-corrected chi connectivity index (χ3v) is 6.47. The van der Waals surface area contributed by atoms with Crippen LogP contribution in [0.3, 0.4) is 0 Å². The highest BCUT2D eigenvalue weighted by Crippen LogP contribution is 2.30. The standard InChI is InChI=1S/C19H16ClF2N3OS2/c1-11-7-15(18(23)27-19(24)17(21)22)25-9-13(8-14(20)16(11)25)28(26)10-12-5-3-2-4-6-12/h2-9,17,23-24H,10H2,1H3. The van der Waals surface area contributed by atoms with E-state index in [9.17, 15) is 13.0 Å². The largest absolute Gasteiger partial charge is 0.312 e. The summed E-state index contributed by atoms with van der Waals surface area (Å²) in [4.78, 5) is 0.472. The molecule has 28 heavy (non-hydrogen) atoms. The number of aromatic nitrogens is 1. The Morgan fingerprint density at radius 1 is 1.25 bits per heavy atom. The van der Waals surface area contributed by atoms with Gasteiger partial charge in [0.1, 0.15) is 10.1 Å². The summed E-state index contributed by atoms with van der Waals surface area (Å²) in [5.41, 5.74) is 2.61. The van der Waals surface area contributed by atoms with Gasteiger partial charge in [0.15, 0.2) is 0 Å². The topological polar surface area (TPSA) is 69.2 Å². The van der Waals surface area contributed by atoms with Crippen LogP contribution < -0.4 is 0 Å². The van der Waals surface area contributed by atoms with Crippen molar-refractivity contribution in [1.29, 1.82) is 10.8 Å². The summed E-state index contributed by atoms with van der Waals surface area (Å²) in [5.74, 6) is 0.306. The highest BCUT2D eigenvalue weighted by atomic mass is 35.5. The van der Waals surface area contributed by atoms with Crippen LogP contribution in [0, 0.1) is 17.7 Å². The first-order chi connectivity index (χ1) is 13.3. The Kier molecular flexibility index (Phi) is 6.32. The van der Waals surface area contributed by atoms with Crippen LogP contribution in [0.2, 0.25) is 5.02 Å². The fourth-order valence-corrected chi connectivity index (χ4v) is 4.89. The first-order valence-electron chi connectivity index (χ1n) is 8.14. The molecule has 0 aliphatic carbocycles. The molecular weight excluding hydrogens is 424 g/mol.